The minimum atomic E-state index is -2.64. The maximum Gasteiger partial charge on any atom is 0.357 e. The molecule has 0 spiro atoms. The molecule has 0 unspecified atom stereocenters. The highest BCUT2D eigenvalue weighted by molar-refractivity contribution is 5.89. The van der Waals surface area contributed by atoms with Gasteiger partial charge in [0.05, 0.1) is 6.61 Å². The van der Waals surface area contributed by atoms with E-state index in [0.717, 1.165) is 6.20 Å². The number of hydrogen-bond acceptors (Lipinski definition) is 4. The van der Waals surface area contributed by atoms with Crippen LogP contribution in [0.4, 0.5) is 8.78 Å². The molecule has 1 aromatic rings. The van der Waals surface area contributed by atoms with E-state index in [9.17, 15) is 13.6 Å². The van der Waals surface area contributed by atoms with Crippen molar-refractivity contribution in [2.24, 2.45) is 5.73 Å². The molecule has 94 valence electrons. The second-order valence-corrected chi connectivity index (χ2v) is 3.39. The molecule has 6 heteroatoms. The minimum absolute atomic E-state index is 0.0104. The summed E-state index contributed by atoms with van der Waals surface area (Å²) in [6.07, 6.45) is -1.64. The fraction of sp³-hybridized carbons (Fsp3) is 0.455. The van der Waals surface area contributed by atoms with Crippen LogP contribution in [0.5, 0.6) is 0 Å². The third-order valence-electron chi connectivity index (χ3n) is 2.41. The van der Waals surface area contributed by atoms with Gasteiger partial charge >= 0.3 is 5.97 Å². The number of alkyl halides is 2. The van der Waals surface area contributed by atoms with E-state index in [4.69, 9.17) is 10.5 Å². The predicted molar refractivity (Wildman–Crippen MR) is 57.8 cm³/mol. The molecule has 0 aliphatic carbocycles. The number of nitrogens with two attached hydrogens (primary N) is 1. The van der Waals surface area contributed by atoms with Crippen LogP contribution < -0.4 is 5.73 Å². The Morgan fingerprint density at radius 3 is 2.71 bits per heavy atom. The molecule has 0 aliphatic rings. The Bertz CT molecular complexity index is 422. The van der Waals surface area contributed by atoms with Gasteiger partial charge < -0.3 is 10.5 Å². The maximum absolute atomic E-state index is 12.6. The molecule has 0 radical (unpaired) electrons. The van der Waals surface area contributed by atoms with Gasteiger partial charge in [-0.2, -0.15) is 0 Å². The Balaban J connectivity index is 3.25. The highest BCUT2D eigenvalue weighted by Gasteiger charge is 2.20. The fourth-order valence-corrected chi connectivity index (χ4v) is 1.51. The molecule has 0 amide bonds. The Labute approximate surface area is 97.8 Å². The first-order valence-corrected chi connectivity index (χ1v) is 5.16. The molecule has 4 nitrogen and oxygen atoms in total. The molecular weight excluding hydrogens is 230 g/mol. The van der Waals surface area contributed by atoms with Crippen LogP contribution in [0.3, 0.4) is 0 Å². The van der Waals surface area contributed by atoms with Crippen LogP contribution in [0, 0.1) is 6.92 Å². The summed E-state index contributed by atoms with van der Waals surface area (Å²) < 4.78 is 30.0. The van der Waals surface area contributed by atoms with E-state index >= 15 is 0 Å². The lowest BCUT2D eigenvalue weighted by Crippen LogP contribution is -2.15. The zero-order valence-corrected chi connectivity index (χ0v) is 9.67. The summed E-state index contributed by atoms with van der Waals surface area (Å²) >= 11 is 0. The first kappa shape index (κ1) is 13.5. The maximum atomic E-state index is 12.6. The molecule has 0 aliphatic heterocycles. The zero-order valence-electron chi connectivity index (χ0n) is 9.67. The summed E-state index contributed by atoms with van der Waals surface area (Å²) in [5.74, 6) is -0.642. The second kappa shape index (κ2) is 5.67. The fourth-order valence-electron chi connectivity index (χ4n) is 1.51. The highest BCUT2D eigenvalue weighted by atomic mass is 19.3. The molecule has 0 bridgehead atoms. The lowest BCUT2D eigenvalue weighted by Gasteiger charge is -2.12. The lowest BCUT2D eigenvalue weighted by molar-refractivity contribution is 0.0517. The number of carbonyl (C=O) groups is 1. The van der Waals surface area contributed by atoms with Crippen LogP contribution in [0.1, 0.15) is 40.5 Å². The number of nitrogens with zero attached hydrogens (tertiary/aromatic N) is 1. The Hall–Kier alpha value is -1.56. The monoisotopic (exact) mass is 244 g/mol. The van der Waals surface area contributed by atoms with Gasteiger partial charge in [-0.3, -0.25) is 0 Å². The van der Waals surface area contributed by atoms with Gasteiger partial charge in [0.1, 0.15) is 0 Å². The average molecular weight is 244 g/mol. The van der Waals surface area contributed by atoms with E-state index in [2.05, 4.69) is 4.98 Å². The van der Waals surface area contributed by atoms with Gasteiger partial charge in [0.25, 0.3) is 6.43 Å². The van der Waals surface area contributed by atoms with E-state index in [-0.39, 0.29) is 24.4 Å². The summed E-state index contributed by atoms with van der Waals surface area (Å²) in [6.45, 7) is 3.31. The molecule has 2 N–H and O–H groups in total. The molecule has 0 saturated heterocycles. The largest absolute Gasteiger partial charge is 0.461 e. The Kier molecular flexibility index (Phi) is 4.51. The number of halogens is 2. The van der Waals surface area contributed by atoms with Gasteiger partial charge in [-0.25, -0.2) is 18.6 Å². The number of esters is 1. The van der Waals surface area contributed by atoms with Crippen LogP contribution in [0.2, 0.25) is 0 Å². The number of carbonyl (C=O) groups excluding carboxylic acids is 1. The van der Waals surface area contributed by atoms with Crippen molar-refractivity contribution in [1.29, 1.82) is 0 Å². The highest BCUT2D eigenvalue weighted by Crippen LogP contribution is 2.25. The van der Waals surface area contributed by atoms with E-state index in [1.807, 2.05) is 0 Å². The van der Waals surface area contributed by atoms with Crippen molar-refractivity contribution in [3.8, 4) is 0 Å². The molecule has 0 fully saturated rings. The smallest absolute Gasteiger partial charge is 0.357 e. The molecule has 17 heavy (non-hydrogen) atoms. The molecule has 0 aromatic carbocycles. The number of ether oxygens (including phenoxy) is 1. The number of aromatic nitrogens is 1. The predicted octanol–water partition coefficient (Wildman–Crippen LogP) is 1.96. The van der Waals surface area contributed by atoms with Crippen molar-refractivity contribution in [3.63, 3.8) is 0 Å². The van der Waals surface area contributed by atoms with Crippen molar-refractivity contribution >= 4 is 5.97 Å². The van der Waals surface area contributed by atoms with Gasteiger partial charge in [0, 0.05) is 23.9 Å². The quantitative estimate of drug-likeness (QED) is 0.822. The van der Waals surface area contributed by atoms with Crippen LogP contribution >= 0.6 is 0 Å². The molecule has 1 heterocycles. The van der Waals surface area contributed by atoms with Crippen LogP contribution in [0.15, 0.2) is 6.20 Å². The molecule has 1 aromatic heterocycles. The zero-order chi connectivity index (χ0) is 13.0. The first-order chi connectivity index (χ1) is 8.02. The average Bonchev–Trinajstić information content (AvgIpc) is 2.28. The topological polar surface area (TPSA) is 65.2 Å². The Morgan fingerprint density at radius 2 is 2.24 bits per heavy atom. The van der Waals surface area contributed by atoms with Crippen molar-refractivity contribution in [1.82, 2.24) is 4.98 Å². The number of rotatable bonds is 4. The summed E-state index contributed by atoms with van der Waals surface area (Å²) in [4.78, 5) is 15.2. The normalized spacial score (nSPS) is 10.7. The third kappa shape index (κ3) is 2.76. The van der Waals surface area contributed by atoms with Crippen molar-refractivity contribution in [2.45, 2.75) is 26.8 Å². The SMILES string of the molecule is CCOC(=O)c1ncc(C(F)F)c(C)c1CN. The summed E-state index contributed by atoms with van der Waals surface area (Å²) in [5, 5.41) is 0. The van der Waals surface area contributed by atoms with Gasteiger partial charge in [-0.1, -0.05) is 0 Å². The van der Waals surface area contributed by atoms with Crippen molar-refractivity contribution < 1.29 is 18.3 Å². The van der Waals surface area contributed by atoms with Crippen molar-refractivity contribution in [3.05, 3.63) is 28.6 Å². The number of hydrogen-bond donors (Lipinski definition) is 1. The van der Waals surface area contributed by atoms with Gasteiger partial charge in [-0.15, -0.1) is 0 Å². The molecule has 1 rings (SSSR count). The second-order valence-electron chi connectivity index (χ2n) is 3.39. The van der Waals surface area contributed by atoms with Gasteiger partial charge in [0.2, 0.25) is 0 Å². The van der Waals surface area contributed by atoms with E-state index < -0.39 is 12.4 Å². The van der Waals surface area contributed by atoms with Crippen LogP contribution in [-0.2, 0) is 11.3 Å². The Morgan fingerprint density at radius 1 is 1.59 bits per heavy atom. The standard InChI is InChI=1S/C11H14F2N2O2/c1-3-17-11(16)9-7(4-14)6(2)8(5-15-9)10(12)13/h5,10H,3-4,14H2,1-2H3. The van der Waals surface area contributed by atoms with E-state index in [0.29, 0.717) is 11.1 Å². The first-order valence-electron chi connectivity index (χ1n) is 5.16. The molecule has 0 atom stereocenters. The summed E-state index contributed by atoms with van der Waals surface area (Å²) in [6, 6.07) is 0. The van der Waals surface area contributed by atoms with Crippen LogP contribution in [-0.4, -0.2) is 17.6 Å². The van der Waals surface area contributed by atoms with Gasteiger partial charge in [0.15, 0.2) is 5.69 Å². The summed E-state index contributed by atoms with van der Waals surface area (Å²) in [5.41, 5.74) is 5.86. The lowest BCUT2D eigenvalue weighted by atomic mass is 10.0. The molecule has 0 saturated carbocycles. The van der Waals surface area contributed by atoms with Gasteiger partial charge in [-0.05, 0) is 19.4 Å². The van der Waals surface area contributed by atoms with Crippen molar-refractivity contribution in [2.75, 3.05) is 6.61 Å². The third-order valence-corrected chi connectivity index (χ3v) is 2.41. The summed E-state index contributed by atoms with van der Waals surface area (Å²) in [7, 11) is 0. The molecular formula is C11H14F2N2O2. The minimum Gasteiger partial charge on any atom is -0.461 e. The van der Waals surface area contributed by atoms with E-state index in [1.54, 1.807) is 6.92 Å². The van der Waals surface area contributed by atoms with Crippen LogP contribution in [0.25, 0.3) is 0 Å². The van der Waals surface area contributed by atoms with E-state index in [1.165, 1.54) is 6.92 Å². The number of pyridine rings is 1.